The molecule has 13 nitrogen and oxygen atoms in total. The number of aliphatic hydroxyl groups excluding tert-OH is 2. The van der Waals surface area contributed by atoms with Gasteiger partial charge in [0.2, 0.25) is 5.78 Å². The second kappa shape index (κ2) is 9.54. The quantitative estimate of drug-likeness (QED) is 0.173. The Bertz CT molecular complexity index is 1440. The van der Waals surface area contributed by atoms with Crippen LogP contribution < -0.4 is 5.73 Å². The third-order valence-electron chi connectivity index (χ3n) is 8.34. The second-order valence-corrected chi connectivity index (χ2v) is 10.7. The van der Waals surface area contributed by atoms with Crippen molar-refractivity contribution in [3.8, 4) is 5.75 Å². The first-order valence-electron chi connectivity index (χ1n) is 12.7. The molecular weight excluding hydrogens is 526 g/mol. The summed E-state index contributed by atoms with van der Waals surface area (Å²) in [5, 5.41) is 44.5. The number of carbonyl (C=O) groups is 5. The predicted molar refractivity (Wildman–Crippen MR) is 136 cm³/mol. The number of morpholine rings is 1. The number of hydrogen-bond acceptors (Lipinski definition) is 11. The topological polar surface area (TPSA) is 208 Å². The maximum absolute atomic E-state index is 13.9. The summed E-state index contributed by atoms with van der Waals surface area (Å²) in [6, 6.07) is 1.16. The van der Waals surface area contributed by atoms with E-state index in [2.05, 4.69) is 0 Å². The van der Waals surface area contributed by atoms with Gasteiger partial charge in [-0.25, -0.2) is 0 Å². The Hall–Kier alpha value is -4.07. The molecule has 13 heteroatoms. The first-order chi connectivity index (χ1) is 18.8. The number of phenols is 1. The predicted octanol–water partition coefficient (Wildman–Crippen LogP) is -0.994. The van der Waals surface area contributed by atoms with E-state index in [0.29, 0.717) is 0 Å². The Morgan fingerprint density at radius 2 is 1.75 bits per heavy atom. The molecule has 1 aliphatic heterocycles. The maximum Gasteiger partial charge on any atom is 0.295 e. The van der Waals surface area contributed by atoms with Gasteiger partial charge in [0.05, 0.1) is 24.8 Å². The van der Waals surface area contributed by atoms with Crippen LogP contribution in [0.25, 0.3) is 5.76 Å². The Morgan fingerprint density at radius 1 is 1.10 bits per heavy atom. The molecule has 1 saturated carbocycles. The molecule has 212 valence electrons. The SMILES string of the molecule is CN(C)[C@@H]1C(=O)C(C(N)=O)=C(O)[C@@]2(O)C(=O)C3=C(O)c4c(O)ccc(C(=O)C(=O)N5CCOCC5)c4C[C@H]3C[C@@H]12. The Kier molecular flexibility index (Phi) is 6.56. The van der Waals surface area contributed by atoms with Gasteiger partial charge in [0.25, 0.3) is 17.6 Å². The largest absolute Gasteiger partial charge is 0.508 e. The van der Waals surface area contributed by atoms with E-state index in [9.17, 15) is 44.4 Å². The van der Waals surface area contributed by atoms with Crippen LogP contribution in [0.1, 0.15) is 27.9 Å². The number of benzene rings is 1. The van der Waals surface area contributed by atoms with Crippen molar-refractivity contribution >= 4 is 34.9 Å². The van der Waals surface area contributed by atoms with Crippen molar-refractivity contribution in [3.63, 3.8) is 0 Å². The van der Waals surface area contributed by atoms with Gasteiger partial charge < -0.3 is 35.8 Å². The van der Waals surface area contributed by atoms with E-state index in [-0.39, 0.29) is 61.4 Å². The van der Waals surface area contributed by atoms with Gasteiger partial charge in [-0.3, -0.25) is 28.9 Å². The van der Waals surface area contributed by atoms with E-state index in [4.69, 9.17) is 10.5 Å². The lowest BCUT2D eigenvalue weighted by Crippen LogP contribution is -2.65. The van der Waals surface area contributed by atoms with E-state index in [1.54, 1.807) is 0 Å². The van der Waals surface area contributed by atoms with E-state index in [1.165, 1.54) is 30.0 Å². The molecule has 1 heterocycles. The summed E-state index contributed by atoms with van der Waals surface area (Å²) in [5.41, 5.74) is 1.13. The van der Waals surface area contributed by atoms with Gasteiger partial charge in [0, 0.05) is 30.1 Å². The van der Waals surface area contributed by atoms with Gasteiger partial charge in [-0.05, 0) is 50.6 Å². The number of likely N-dealkylation sites (N-methyl/N-ethyl adjacent to an activating group) is 1. The average Bonchev–Trinajstić information content (AvgIpc) is 2.90. The molecule has 4 aliphatic rings. The van der Waals surface area contributed by atoms with Crippen LogP contribution in [-0.4, -0.2) is 111 Å². The van der Waals surface area contributed by atoms with E-state index in [1.807, 2.05) is 0 Å². The van der Waals surface area contributed by atoms with Gasteiger partial charge in [0.1, 0.15) is 22.8 Å². The third kappa shape index (κ3) is 3.76. The minimum atomic E-state index is -2.76. The third-order valence-corrected chi connectivity index (χ3v) is 8.34. The van der Waals surface area contributed by atoms with E-state index >= 15 is 0 Å². The molecule has 2 fully saturated rings. The molecular formula is C27H29N3O10. The summed E-state index contributed by atoms with van der Waals surface area (Å²) < 4.78 is 5.23. The number of rotatable bonds is 4. The summed E-state index contributed by atoms with van der Waals surface area (Å²) in [7, 11) is 3.00. The van der Waals surface area contributed by atoms with Gasteiger partial charge >= 0.3 is 0 Å². The number of hydrogen-bond donors (Lipinski definition) is 5. The lowest BCUT2D eigenvalue weighted by atomic mass is 9.57. The van der Waals surface area contributed by atoms with Crippen molar-refractivity contribution in [1.29, 1.82) is 0 Å². The van der Waals surface area contributed by atoms with E-state index < -0.39 is 75.5 Å². The average molecular weight is 556 g/mol. The normalized spacial score (nSPS) is 28.3. The Morgan fingerprint density at radius 3 is 2.35 bits per heavy atom. The number of aromatic hydroxyl groups is 1. The summed E-state index contributed by atoms with van der Waals surface area (Å²) in [6.07, 6.45) is -0.229. The van der Waals surface area contributed by atoms with Gasteiger partial charge in [-0.1, -0.05) is 0 Å². The summed E-state index contributed by atoms with van der Waals surface area (Å²) in [5.74, 6) is -9.50. The van der Waals surface area contributed by atoms with Crippen LogP contribution in [0.3, 0.4) is 0 Å². The minimum Gasteiger partial charge on any atom is -0.508 e. The number of fused-ring (bicyclic) bond motifs is 3. The van der Waals surface area contributed by atoms with Crippen LogP contribution in [-0.2, 0) is 30.3 Å². The first kappa shape index (κ1) is 27.5. The number of phenolic OH excluding ortho intramolecular Hbond substituents is 1. The molecule has 0 unspecified atom stereocenters. The van der Waals surface area contributed by atoms with Crippen molar-refractivity contribution in [2.45, 2.75) is 24.5 Å². The number of ether oxygens (including phenoxy) is 1. The highest BCUT2D eigenvalue weighted by atomic mass is 16.5. The molecule has 3 aliphatic carbocycles. The summed E-state index contributed by atoms with van der Waals surface area (Å²) in [4.78, 5) is 68.2. The number of ketones is 3. The molecule has 1 aromatic carbocycles. The molecule has 0 bridgehead atoms. The monoisotopic (exact) mass is 555 g/mol. The zero-order valence-corrected chi connectivity index (χ0v) is 21.8. The van der Waals surface area contributed by atoms with Crippen molar-refractivity contribution in [2.75, 3.05) is 40.4 Å². The molecule has 1 saturated heterocycles. The molecule has 5 rings (SSSR count). The van der Waals surface area contributed by atoms with Crippen molar-refractivity contribution < 1.29 is 49.1 Å². The van der Waals surface area contributed by atoms with Gasteiger partial charge in [-0.2, -0.15) is 0 Å². The molecule has 0 spiro atoms. The molecule has 6 N–H and O–H groups in total. The molecule has 0 aromatic heterocycles. The van der Waals surface area contributed by atoms with Crippen LogP contribution >= 0.6 is 0 Å². The van der Waals surface area contributed by atoms with Crippen molar-refractivity contribution in [3.05, 3.63) is 45.7 Å². The van der Waals surface area contributed by atoms with Gasteiger partial charge in [0.15, 0.2) is 11.4 Å². The Balaban J connectivity index is 1.65. The van der Waals surface area contributed by atoms with Crippen molar-refractivity contribution in [1.82, 2.24) is 9.80 Å². The molecule has 4 atom stereocenters. The number of nitrogens with two attached hydrogens (primary N) is 1. The zero-order valence-electron chi connectivity index (χ0n) is 21.8. The fourth-order valence-electron chi connectivity index (χ4n) is 6.48. The van der Waals surface area contributed by atoms with Crippen LogP contribution in [0.5, 0.6) is 5.75 Å². The van der Waals surface area contributed by atoms with Crippen LogP contribution in [0, 0.1) is 11.8 Å². The number of primary amides is 1. The zero-order chi connectivity index (χ0) is 29.3. The summed E-state index contributed by atoms with van der Waals surface area (Å²) >= 11 is 0. The van der Waals surface area contributed by atoms with Crippen LogP contribution in [0.4, 0.5) is 0 Å². The highest BCUT2D eigenvalue weighted by Gasteiger charge is 2.64. The van der Waals surface area contributed by atoms with Crippen LogP contribution in [0.15, 0.2) is 29.0 Å². The maximum atomic E-state index is 13.9. The lowest BCUT2D eigenvalue weighted by Gasteiger charge is -2.50. The Labute approximate surface area is 228 Å². The number of nitrogens with zero attached hydrogens (tertiary/aromatic N) is 2. The van der Waals surface area contributed by atoms with Crippen molar-refractivity contribution in [2.24, 2.45) is 17.6 Å². The second-order valence-electron chi connectivity index (χ2n) is 10.7. The number of amides is 2. The van der Waals surface area contributed by atoms with Crippen LogP contribution in [0.2, 0.25) is 0 Å². The highest BCUT2D eigenvalue weighted by molar-refractivity contribution is 6.43. The first-order valence-corrected chi connectivity index (χ1v) is 12.7. The summed E-state index contributed by atoms with van der Waals surface area (Å²) in [6.45, 7) is 1.00. The fraction of sp³-hybridized carbons (Fsp3) is 0.444. The lowest BCUT2D eigenvalue weighted by molar-refractivity contribution is -0.153. The highest BCUT2D eigenvalue weighted by Crippen LogP contribution is 2.53. The standard InChI is InChI=1S/C27H29N3O10/c1-29(2)19-14-10-11-9-13-12(20(32)26(38)30-5-7-40-8-6-30)3-4-15(31)17(13)21(33)16(11)23(35)27(14,39)24(36)18(22(19)34)25(28)37/h3-4,11,14,19,31,33,36,39H,5-10H2,1-2H3,(H2,28,37)/t11-,14-,19-,27-/m0/s1. The number of carbonyl (C=O) groups excluding carboxylic acids is 5. The number of Topliss-reactive ketones (excluding diaryl/α,β-unsaturated/α-hetero) is 3. The minimum absolute atomic E-state index is 0.0641. The fourth-order valence-corrected chi connectivity index (χ4v) is 6.48. The van der Waals surface area contributed by atoms with E-state index in [0.717, 1.165) is 6.07 Å². The molecule has 1 aromatic rings. The van der Waals surface area contributed by atoms with Gasteiger partial charge in [-0.15, -0.1) is 0 Å². The molecule has 2 amide bonds. The molecule has 0 radical (unpaired) electrons. The number of aliphatic hydroxyl groups is 3. The molecule has 40 heavy (non-hydrogen) atoms. The smallest absolute Gasteiger partial charge is 0.295 e.